The van der Waals surface area contributed by atoms with Crippen molar-refractivity contribution in [1.82, 2.24) is 10.2 Å². The van der Waals surface area contributed by atoms with E-state index in [4.69, 9.17) is 0 Å². The van der Waals surface area contributed by atoms with Gasteiger partial charge in [0.05, 0.1) is 5.60 Å². The van der Waals surface area contributed by atoms with E-state index in [0.29, 0.717) is 12.5 Å². The average Bonchev–Trinajstić information content (AvgIpc) is 3.00. The van der Waals surface area contributed by atoms with Crippen molar-refractivity contribution in [1.29, 1.82) is 0 Å². The molecule has 1 aliphatic heterocycles. The molecule has 1 aliphatic carbocycles. The third kappa shape index (κ3) is 3.76. The number of rotatable bonds is 4. The lowest BCUT2D eigenvalue weighted by molar-refractivity contribution is -0.121. The van der Waals surface area contributed by atoms with Crippen LogP contribution >= 0.6 is 0 Å². The molecular formula is C12H22N2O2. The van der Waals surface area contributed by atoms with Crippen LogP contribution in [0, 0.1) is 0 Å². The third-order valence-corrected chi connectivity index (χ3v) is 3.53. The molecule has 0 aromatic carbocycles. The van der Waals surface area contributed by atoms with Gasteiger partial charge in [-0.25, -0.2) is 0 Å². The number of carbonyl (C=O) groups is 1. The quantitative estimate of drug-likeness (QED) is 0.734. The Labute approximate surface area is 97.0 Å². The summed E-state index contributed by atoms with van der Waals surface area (Å²) in [4.78, 5) is 13.7. The van der Waals surface area contributed by atoms with Crippen molar-refractivity contribution in [3.63, 3.8) is 0 Å². The van der Waals surface area contributed by atoms with Gasteiger partial charge in [0, 0.05) is 32.1 Å². The average molecular weight is 226 g/mol. The fourth-order valence-corrected chi connectivity index (χ4v) is 2.05. The summed E-state index contributed by atoms with van der Waals surface area (Å²) in [5.41, 5.74) is -0.493. The van der Waals surface area contributed by atoms with E-state index in [9.17, 15) is 9.90 Å². The van der Waals surface area contributed by atoms with Gasteiger partial charge in [0.1, 0.15) is 0 Å². The van der Waals surface area contributed by atoms with Crippen LogP contribution in [-0.4, -0.2) is 47.2 Å². The molecule has 4 heteroatoms. The van der Waals surface area contributed by atoms with E-state index in [1.165, 1.54) is 0 Å². The largest absolute Gasteiger partial charge is 0.390 e. The van der Waals surface area contributed by atoms with Crippen LogP contribution in [0.25, 0.3) is 0 Å². The van der Waals surface area contributed by atoms with Crippen molar-refractivity contribution in [3.8, 4) is 0 Å². The third-order valence-electron chi connectivity index (χ3n) is 3.53. The molecule has 0 unspecified atom stereocenters. The molecule has 1 heterocycles. The van der Waals surface area contributed by atoms with Crippen LogP contribution < -0.4 is 5.32 Å². The molecule has 0 spiro atoms. The zero-order chi connectivity index (χ0) is 11.6. The van der Waals surface area contributed by atoms with Crippen LogP contribution in [0.5, 0.6) is 0 Å². The Hall–Kier alpha value is -0.610. The molecule has 0 aromatic rings. The smallest absolute Gasteiger partial charge is 0.221 e. The number of amides is 1. The zero-order valence-corrected chi connectivity index (χ0v) is 10.0. The molecule has 1 amide bonds. The van der Waals surface area contributed by atoms with E-state index in [0.717, 1.165) is 45.3 Å². The monoisotopic (exact) mass is 226 g/mol. The zero-order valence-electron chi connectivity index (χ0n) is 10.0. The van der Waals surface area contributed by atoms with Crippen LogP contribution in [0.3, 0.4) is 0 Å². The molecule has 0 atom stereocenters. The van der Waals surface area contributed by atoms with Crippen molar-refractivity contribution in [3.05, 3.63) is 0 Å². The second-order valence-electron chi connectivity index (χ2n) is 5.43. The number of hydrogen-bond acceptors (Lipinski definition) is 3. The van der Waals surface area contributed by atoms with Crippen LogP contribution in [0.1, 0.15) is 39.0 Å². The van der Waals surface area contributed by atoms with Gasteiger partial charge in [0.15, 0.2) is 0 Å². The Morgan fingerprint density at radius 2 is 2.06 bits per heavy atom. The first kappa shape index (κ1) is 11.9. The summed E-state index contributed by atoms with van der Waals surface area (Å²) in [6.45, 7) is 4.53. The van der Waals surface area contributed by atoms with Crippen molar-refractivity contribution < 1.29 is 9.90 Å². The molecule has 0 bridgehead atoms. The van der Waals surface area contributed by atoms with Crippen LogP contribution in [0.2, 0.25) is 0 Å². The molecule has 2 N–H and O–H groups in total. The van der Waals surface area contributed by atoms with E-state index in [-0.39, 0.29) is 5.91 Å². The standard InChI is InChI=1S/C12H22N2O2/c1-12(16)5-8-14(9-6-12)7-4-11(15)13-10-2-3-10/h10,16H,2-9H2,1H3,(H,13,15). The molecule has 0 aromatic heterocycles. The molecule has 2 aliphatic rings. The van der Waals surface area contributed by atoms with Gasteiger partial charge in [0.2, 0.25) is 5.91 Å². The number of piperidine rings is 1. The molecule has 16 heavy (non-hydrogen) atoms. The highest BCUT2D eigenvalue weighted by atomic mass is 16.3. The Kier molecular flexibility index (Phi) is 3.50. The lowest BCUT2D eigenvalue weighted by Crippen LogP contribution is -2.43. The summed E-state index contributed by atoms with van der Waals surface area (Å²) in [7, 11) is 0. The molecule has 1 saturated heterocycles. The predicted molar refractivity (Wildman–Crippen MR) is 62.1 cm³/mol. The number of nitrogens with one attached hydrogen (secondary N) is 1. The van der Waals surface area contributed by atoms with Gasteiger partial charge in [-0.2, -0.15) is 0 Å². The van der Waals surface area contributed by atoms with Gasteiger partial charge >= 0.3 is 0 Å². The van der Waals surface area contributed by atoms with Gasteiger partial charge in [-0.05, 0) is 32.6 Å². The molecule has 1 saturated carbocycles. The molecular weight excluding hydrogens is 204 g/mol. The van der Waals surface area contributed by atoms with Gasteiger partial charge in [-0.3, -0.25) is 4.79 Å². The van der Waals surface area contributed by atoms with Gasteiger partial charge in [-0.15, -0.1) is 0 Å². The summed E-state index contributed by atoms with van der Waals surface area (Å²) < 4.78 is 0. The first-order valence-corrected chi connectivity index (χ1v) is 6.29. The van der Waals surface area contributed by atoms with Crippen molar-refractivity contribution >= 4 is 5.91 Å². The number of likely N-dealkylation sites (tertiary alicyclic amines) is 1. The molecule has 2 fully saturated rings. The van der Waals surface area contributed by atoms with Crippen molar-refractivity contribution in [2.75, 3.05) is 19.6 Å². The Balaban J connectivity index is 1.61. The van der Waals surface area contributed by atoms with Crippen LogP contribution in [-0.2, 0) is 4.79 Å². The lowest BCUT2D eigenvalue weighted by Gasteiger charge is -2.35. The van der Waals surface area contributed by atoms with E-state index in [2.05, 4.69) is 10.2 Å². The number of carbonyl (C=O) groups excluding carboxylic acids is 1. The molecule has 0 radical (unpaired) electrons. The number of aliphatic hydroxyl groups is 1. The molecule has 4 nitrogen and oxygen atoms in total. The first-order valence-electron chi connectivity index (χ1n) is 6.29. The summed E-state index contributed by atoms with van der Waals surface area (Å²) in [6.07, 6.45) is 4.53. The highest BCUT2D eigenvalue weighted by molar-refractivity contribution is 5.76. The predicted octanol–water partition coefficient (Wildman–Crippen LogP) is 0.502. The fourth-order valence-electron chi connectivity index (χ4n) is 2.05. The minimum absolute atomic E-state index is 0.180. The van der Waals surface area contributed by atoms with Gasteiger partial charge < -0.3 is 15.3 Å². The van der Waals surface area contributed by atoms with E-state index in [1.807, 2.05) is 6.92 Å². The van der Waals surface area contributed by atoms with Crippen molar-refractivity contribution in [2.45, 2.75) is 50.7 Å². The number of nitrogens with zero attached hydrogens (tertiary/aromatic N) is 1. The summed E-state index contributed by atoms with van der Waals surface area (Å²) in [6, 6.07) is 0.467. The van der Waals surface area contributed by atoms with E-state index in [1.54, 1.807) is 0 Å². The topological polar surface area (TPSA) is 52.6 Å². The minimum Gasteiger partial charge on any atom is -0.390 e. The highest BCUT2D eigenvalue weighted by Gasteiger charge is 2.28. The minimum atomic E-state index is -0.493. The van der Waals surface area contributed by atoms with Crippen molar-refractivity contribution in [2.24, 2.45) is 0 Å². The highest BCUT2D eigenvalue weighted by Crippen LogP contribution is 2.21. The summed E-state index contributed by atoms with van der Waals surface area (Å²) in [5, 5.41) is 12.8. The second-order valence-corrected chi connectivity index (χ2v) is 5.43. The van der Waals surface area contributed by atoms with Crippen LogP contribution in [0.15, 0.2) is 0 Å². The summed E-state index contributed by atoms with van der Waals surface area (Å²) >= 11 is 0. The maximum absolute atomic E-state index is 11.5. The lowest BCUT2D eigenvalue weighted by atomic mass is 9.94. The molecule has 92 valence electrons. The fraction of sp³-hybridized carbons (Fsp3) is 0.917. The SMILES string of the molecule is CC1(O)CCN(CCC(=O)NC2CC2)CC1. The van der Waals surface area contributed by atoms with Gasteiger partial charge in [-0.1, -0.05) is 0 Å². The maximum atomic E-state index is 11.5. The van der Waals surface area contributed by atoms with Crippen LogP contribution in [0.4, 0.5) is 0 Å². The number of hydrogen-bond donors (Lipinski definition) is 2. The van der Waals surface area contributed by atoms with Gasteiger partial charge in [0.25, 0.3) is 0 Å². The Morgan fingerprint density at radius 1 is 1.44 bits per heavy atom. The summed E-state index contributed by atoms with van der Waals surface area (Å²) in [5.74, 6) is 0.180. The second kappa shape index (κ2) is 4.72. The van der Waals surface area contributed by atoms with E-state index >= 15 is 0 Å². The molecule has 2 rings (SSSR count). The Bertz CT molecular complexity index is 252. The maximum Gasteiger partial charge on any atom is 0.221 e. The first-order chi connectivity index (χ1) is 7.55. The van der Waals surface area contributed by atoms with E-state index < -0.39 is 5.60 Å². The normalized spacial score (nSPS) is 25.4. The Morgan fingerprint density at radius 3 is 2.62 bits per heavy atom.